The van der Waals surface area contributed by atoms with Crippen molar-refractivity contribution < 1.29 is 18.0 Å². The number of fused-ring (bicyclic) bond motifs is 2. The van der Waals surface area contributed by atoms with Gasteiger partial charge in [0.05, 0.1) is 23.2 Å². The van der Waals surface area contributed by atoms with Crippen molar-refractivity contribution in [2.24, 2.45) is 0 Å². The number of hydrogen-bond donors (Lipinski definition) is 1. The van der Waals surface area contributed by atoms with Gasteiger partial charge in [-0.1, -0.05) is 6.07 Å². The third-order valence-electron chi connectivity index (χ3n) is 6.16. The lowest BCUT2D eigenvalue weighted by atomic mass is 9.99. The maximum absolute atomic E-state index is 13.7. The Bertz CT molecular complexity index is 1340. The van der Waals surface area contributed by atoms with Gasteiger partial charge in [0.2, 0.25) is 5.76 Å². The van der Waals surface area contributed by atoms with E-state index in [2.05, 4.69) is 15.0 Å². The van der Waals surface area contributed by atoms with Crippen LogP contribution in [0.1, 0.15) is 76.1 Å². The first kappa shape index (κ1) is 19.1. The normalized spacial score (nSPS) is 18.5. The zero-order valence-corrected chi connectivity index (χ0v) is 17.3. The van der Waals surface area contributed by atoms with Gasteiger partial charge >= 0.3 is 0 Å². The zero-order chi connectivity index (χ0) is 22.0. The summed E-state index contributed by atoms with van der Waals surface area (Å²) in [5, 5.41) is 4.72. The summed E-state index contributed by atoms with van der Waals surface area (Å²) in [6.45, 7) is 2.25. The van der Waals surface area contributed by atoms with E-state index in [0.29, 0.717) is 24.4 Å². The van der Waals surface area contributed by atoms with Crippen molar-refractivity contribution in [1.29, 1.82) is 0 Å². The molecule has 0 aromatic carbocycles. The second-order valence-electron chi connectivity index (χ2n) is 8.33. The summed E-state index contributed by atoms with van der Waals surface area (Å²) in [7, 11) is 0. The minimum absolute atomic E-state index is 0.0190. The van der Waals surface area contributed by atoms with Crippen molar-refractivity contribution in [3.8, 4) is 0 Å². The van der Waals surface area contributed by atoms with E-state index < -0.39 is 24.1 Å². The van der Waals surface area contributed by atoms with E-state index >= 15 is 0 Å². The average Bonchev–Trinajstić information content (AvgIpc) is 3.18. The molecule has 4 aromatic rings. The first-order valence-corrected chi connectivity index (χ1v) is 10.6. The van der Waals surface area contributed by atoms with Gasteiger partial charge in [-0.25, -0.2) is 23.3 Å². The van der Waals surface area contributed by atoms with Crippen LogP contribution in [0.25, 0.3) is 5.52 Å². The van der Waals surface area contributed by atoms with E-state index in [0.717, 1.165) is 29.7 Å². The van der Waals surface area contributed by atoms with Gasteiger partial charge in [0.15, 0.2) is 11.6 Å². The number of aromatic amines is 1. The van der Waals surface area contributed by atoms with Crippen molar-refractivity contribution in [3.05, 3.63) is 70.7 Å². The predicted molar refractivity (Wildman–Crippen MR) is 109 cm³/mol. The fraction of sp³-hybridized carbons (Fsp3) is 0.364. The summed E-state index contributed by atoms with van der Waals surface area (Å²) < 4.78 is 34.8. The van der Waals surface area contributed by atoms with Gasteiger partial charge in [-0.3, -0.25) is 4.79 Å². The molecule has 0 unspecified atom stereocenters. The molecule has 0 saturated heterocycles. The van der Waals surface area contributed by atoms with Crippen molar-refractivity contribution in [1.82, 2.24) is 29.5 Å². The number of aryl methyl sites for hydroxylation is 1. The highest BCUT2D eigenvalue weighted by atomic mass is 19.3. The summed E-state index contributed by atoms with van der Waals surface area (Å²) in [6, 6.07) is 7.07. The van der Waals surface area contributed by atoms with Gasteiger partial charge in [-0.2, -0.15) is 5.10 Å². The van der Waals surface area contributed by atoms with Crippen LogP contribution in [0.15, 0.2) is 35.0 Å². The van der Waals surface area contributed by atoms with E-state index in [9.17, 15) is 13.6 Å². The number of rotatable bonds is 4. The van der Waals surface area contributed by atoms with Crippen LogP contribution in [0.2, 0.25) is 0 Å². The molecular weight excluding hydrogens is 418 g/mol. The Hall–Kier alpha value is -3.56. The van der Waals surface area contributed by atoms with E-state index in [-0.39, 0.29) is 17.6 Å². The molecule has 1 N–H and O–H groups in total. The number of halogens is 2. The van der Waals surface area contributed by atoms with Gasteiger partial charge in [0.1, 0.15) is 6.04 Å². The monoisotopic (exact) mass is 438 g/mol. The maximum atomic E-state index is 13.7. The van der Waals surface area contributed by atoms with Gasteiger partial charge < -0.3 is 14.3 Å². The highest BCUT2D eigenvalue weighted by Crippen LogP contribution is 2.42. The SMILES string of the molecule is Cc1cccc2cc([C@@H]3c4nc[nH]c4CCN3C(=O)c3oc(C4CC4)nc3C(F)F)nn12. The molecule has 1 saturated carbocycles. The number of alkyl halides is 2. The topological polar surface area (TPSA) is 92.3 Å². The fourth-order valence-electron chi connectivity index (χ4n) is 4.39. The Morgan fingerprint density at radius 2 is 2.16 bits per heavy atom. The second kappa shape index (κ2) is 6.98. The van der Waals surface area contributed by atoms with Crippen LogP contribution >= 0.6 is 0 Å². The summed E-state index contributed by atoms with van der Waals surface area (Å²) >= 11 is 0. The predicted octanol–water partition coefficient (Wildman–Crippen LogP) is 3.96. The third kappa shape index (κ3) is 2.93. The van der Waals surface area contributed by atoms with Gasteiger partial charge in [-0.15, -0.1) is 0 Å². The lowest BCUT2D eigenvalue weighted by molar-refractivity contribution is 0.0637. The highest BCUT2D eigenvalue weighted by Gasteiger charge is 2.41. The molecule has 1 amide bonds. The molecule has 6 rings (SSSR count). The Labute approximate surface area is 181 Å². The Morgan fingerprint density at radius 3 is 2.91 bits per heavy atom. The lowest BCUT2D eigenvalue weighted by Gasteiger charge is -2.33. The molecule has 1 aliphatic heterocycles. The first-order chi connectivity index (χ1) is 15.5. The Balaban J connectivity index is 1.46. The molecule has 1 fully saturated rings. The number of carbonyl (C=O) groups is 1. The van der Waals surface area contributed by atoms with Crippen LogP contribution in [0.4, 0.5) is 8.78 Å². The molecule has 8 nitrogen and oxygen atoms in total. The zero-order valence-electron chi connectivity index (χ0n) is 17.3. The van der Waals surface area contributed by atoms with Crippen LogP contribution < -0.4 is 0 Å². The Kier molecular flexibility index (Phi) is 4.17. The third-order valence-corrected chi connectivity index (χ3v) is 6.16. The van der Waals surface area contributed by atoms with Crippen molar-refractivity contribution >= 4 is 11.4 Å². The smallest absolute Gasteiger partial charge is 0.292 e. The molecule has 164 valence electrons. The second-order valence-corrected chi connectivity index (χ2v) is 8.33. The standard InChI is InChI=1S/C22H20F2N6O2/c1-11-3-2-4-13-9-15(28-30(11)13)18-16-14(25-10-26-16)7-8-29(18)22(31)19-17(20(23)24)27-21(32-19)12-5-6-12/h2-4,9-10,12,18,20H,5-8H2,1H3,(H,25,26)/t18-/m1/s1. The molecular formula is C22H20F2N6O2. The number of nitrogens with zero attached hydrogens (tertiary/aromatic N) is 5. The highest BCUT2D eigenvalue weighted by molar-refractivity contribution is 5.93. The van der Waals surface area contributed by atoms with Crippen molar-refractivity contribution in [3.63, 3.8) is 0 Å². The Morgan fingerprint density at radius 1 is 1.31 bits per heavy atom. The van der Waals surface area contributed by atoms with Crippen LogP contribution in [0.5, 0.6) is 0 Å². The molecule has 1 aliphatic carbocycles. The maximum Gasteiger partial charge on any atom is 0.292 e. The number of carbonyl (C=O) groups excluding carboxylic acids is 1. The fourth-order valence-corrected chi connectivity index (χ4v) is 4.39. The quantitative estimate of drug-likeness (QED) is 0.521. The minimum atomic E-state index is -2.90. The molecule has 32 heavy (non-hydrogen) atoms. The first-order valence-electron chi connectivity index (χ1n) is 10.6. The van der Waals surface area contributed by atoms with Crippen LogP contribution in [-0.4, -0.2) is 41.9 Å². The van der Waals surface area contributed by atoms with E-state index in [4.69, 9.17) is 9.52 Å². The number of oxazole rings is 1. The number of hydrogen-bond acceptors (Lipinski definition) is 5. The molecule has 0 bridgehead atoms. The molecule has 4 aromatic heterocycles. The summed E-state index contributed by atoms with van der Waals surface area (Å²) in [5.74, 6) is -0.760. The van der Waals surface area contributed by atoms with Crippen molar-refractivity contribution in [2.45, 2.75) is 44.6 Å². The number of aromatic nitrogens is 5. The molecule has 5 heterocycles. The number of amides is 1. The molecule has 10 heteroatoms. The summed E-state index contributed by atoms with van der Waals surface area (Å²) in [4.78, 5) is 26.6. The average molecular weight is 438 g/mol. The number of imidazole rings is 1. The van der Waals surface area contributed by atoms with E-state index in [1.807, 2.05) is 31.2 Å². The van der Waals surface area contributed by atoms with Crippen LogP contribution in [0, 0.1) is 6.92 Å². The molecule has 2 aliphatic rings. The number of nitrogens with one attached hydrogen (secondary N) is 1. The summed E-state index contributed by atoms with van der Waals surface area (Å²) in [6.07, 6.45) is 0.877. The number of H-pyrrole nitrogens is 1. The lowest BCUT2D eigenvalue weighted by Crippen LogP contribution is -2.41. The van der Waals surface area contributed by atoms with Gasteiger partial charge in [-0.05, 0) is 38.0 Å². The largest absolute Gasteiger partial charge is 0.435 e. The van der Waals surface area contributed by atoms with Crippen LogP contribution in [-0.2, 0) is 6.42 Å². The van der Waals surface area contributed by atoms with E-state index in [1.165, 1.54) is 4.90 Å². The minimum Gasteiger partial charge on any atom is -0.435 e. The summed E-state index contributed by atoms with van der Waals surface area (Å²) in [5.41, 5.74) is 3.40. The van der Waals surface area contributed by atoms with Crippen molar-refractivity contribution in [2.75, 3.05) is 6.54 Å². The van der Waals surface area contributed by atoms with E-state index in [1.54, 1.807) is 10.8 Å². The molecule has 1 atom stereocenters. The molecule has 0 radical (unpaired) electrons. The number of pyridine rings is 1. The van der Waals surface area contributed by atoms with Crippen LogP contribution in [0.3, 0.4) is 0 Å². The molecule has 0 spiro atoms. The van der Waals surface area contributed by atoms with Gasteiger partial charge in [0, 0.05) is 30.3 Å². The van der Waals surface area contributed by atoms with Gasteiger partial charge in [0.25, 0.3) is 12.3 Å².